The highest BCUT2D eigenvalue weighted by atomic mass is 16.4. The predicted molar refractivity (Wildman–Crippen MR) is 30.6 cm³/mol. The maximum atomic E-state index is 8.90. The van der Waals surface area contributed by atoms with E-state index in [1.807, 2.05) is 0 Å². The van der Waals surface area contributed by atoms with E-state index in [1.165, 1.54) is 0 Å². The van der Waals surface area contributed by atoms with Crippen LogP contribution in [-0.2, 0) is 0 Å². The summed E-state index contributed by atoms with van der Waals surface area (Å²) >= 11 is 0. The fraction of sp³-hybridized carbons (Fsp3) is 1.00. The molecule has 0 saturated heterocycles. The van der Waals surface area contributed by atoms with Gasteiger partial charge in [-0.15, -0.1) is 0 Å². The Balaban J connectivity index is 2.54. The van der Waals surface area contributed by atoms with Gasteiger partial charge in [0.2, 0.25) is 0 Å². The normalized spacial score (nSPS) is 52.0. The van der Waals surface area contributed by atoms with E-state index in [2.05, 4.69) is 0 Å². The van der Waals surface area contributed by atoms with Crippen LogP contribution in [0.15, 0.2) is 0 Å². The van der Waals surface area contributed by atoms with E-state index in [-0.39, 0.29) is 6.42 Å². The smallest absolute Gasteiger partial charge is 0.107 e. The lowest BCUT2D eigenvalue weighted by molar-refractivity contribution is -0.0205. The third-order valence-electron chi connectivity index (χ3n) is 1.70. The molecule has 5 N–H and O–H groups in total. The quantitative estimate of drug-likeness (QED) is 0.302. The molecule has 0 heterocycles. The minimum absolute atomic E-state index is 0.280. The number of nitrogens with two attached hydrogens (primary N) is 1. The van der Waals surface area contributed by atoms with Crippen LogP contribution in [0.25, 0.3) is 0 Å². The first-order chi connectivity index (χ1) is 4.13. The van der Waals surface area contributed by atoms with Crippen LogP contribution >= 0.6 is 0 Å². The van der Waals surface area contributed by atoms with Crippen molar-refractivity contribution in [2.45, 2.75) is 30.8 Å². The van der Waals surface area contributed by atoms with Gasteiger partial charge in [0.25, 0.3) is 0 Å². The summed E-state index contributed by atoms with van der Waals surface area (Å²) < 4.78 is 0. The zero-order chi connectivity index (χ0) is 7.02. The van der Waals surface area contributed by atoms with Gasteiger partial charge in [0.05, 0.1) is 12.2 Å². The second-order valence-electron chi connectivity index (χ2n) is 2.45. The minimum atomic E-state index is -1.06. The first kappa shape index (κ1) is 6.95. The molecule has 1 aliphatic rings. The Hall–Kier alpha value is -0.160. The summed E-state index contributed by atoms with van der Waals surface area (Å²) in [6.45, 7) is 0. The van der Waals surface area contributed by atoms with Crippen molar-refractivity contribution >= 4 is 0 Å². The third-order valence-corrected chi connectivity index (χ3v) is 1.70. The molecule has 0 unspecified atom stereocenters. The Morgan fingerprint density at radius 3 is 1.78 bits per heavy atom. The van der Waals surface area contributed by atoms with Crippen LogP contribution in [0, 0.1) is 0 Å². The molecule has 1 saturated carbocycles. The van der Waals surface area contributed by atoms with Crippen LogP contribution in [0.2, 0.25) is 0 Å². The molecule has 0 radical (unpaired) electrons. The Morgan fingerprint density at radius 2 is 1.67 bits per heavy atom. The molecule has 4 atom stereocenters. The van der Waals surface area contributed by atoms with E-state index in [0.717, 1.165) is 0 Å². The van der Waals surface area contributed by atoms with Gasteiger partial charge in [-0.3, -0.25) is 0 Å². The molecule has 0 spiro atoms. The van der Waals surface area contributed by atoms with Crippen molar-refractivity contribution in [3.8, 4) is 0 Å². The van der Waals surface area contributed by atoms with Gasteiger partial charge >= 0.3 is 0 Å². The van der Waals surface area contributed by atoms with Crippen molar-refractivity contribution in [3.63, 3.8) is 0 Å². The first-order valence-electron chi connectivity index (χ1n) is 2.92. The van der Waals surface area contributed by atoms with Gasteiger partial charge in [0.1, 0.15) is 6.10 Å². The molecule has 0 bridgehead atoms. The van der Waals surface area contributed by atoms with E-state index in [1.54, 1.807) is 0 Å². The summed E-state index contributed by atoms with van der Waals surface area (Å²) in [4.78, 5) is 0. The van der Waals surface area contributed by atoms with Gasteiger partial charge in [-0.25, -0.2) is 0 Å². The molecule has 9 heavy (non-hydrogen) atoms. The highest BCUT2D eigenvalue weighted by Crippen LogP contribution is 2.18. The zero-order valence-corrected chi connectivity index (χ0v) is 4.94. The van der Waals surface area contributed by atoms with Gasteiger partial charge in [0, 0.05) is 6.04 Å². The zero-order valence-electron chi connectivity index (χ0n) is 4.94. The van der Waals surface area contributed by atoms with Crippen LogP contribution in [0.4, 0.5) is 0 Å². The van der Waals surface area contributed by atoms with Gasteiger partial charge in [-0.1, -0.05) is 0 Å². The standard InChI is InChI=1S/C5H11NO3/c6-2-1-3(7)5(9)4(2)8/h2-5,7-9H,1,6H2/t2-,3+,4-,5+/m1/s1. The van der Waals surface area contributed by atoms with Crippen LogP contribution in [0.3, 0.4) is 0 Å². The molecular formula is C5H11NO3. The first-order valence-corrected chi connectivity index (χ1v) is 2.92. The highest BCUT2D eigenvalue weighted by molar-refractivity contribution is 4.93. The molecule has 1 rings (SSSR count). The molecule has 0 aromatic rings. The number of aliphatic hydroxyl groups excluding tert-OH is 3. The fourth-order valence-electron chi connectivity index (χ4n) is 1.04. The number of hydrogen-bond acceptors (Lipinski definition) is 4. The van der Waals surface area contributed by atoms with Crippen molar-refractivity contribution in [3.05, 3.63) is 0 Å². The van der Waals surface area contributed by atoms with Gasteiger partial charge in [-0.2, -0.15) is 0 Å². The molecule has 0 aliphatic heterocycles. The summed E-state index contributed by atoms with van der Waals surface area (Å²) in [6.07, 6.45) is -2.59. The number of rotatable bonds is 0. The fourth-order valence-corrected chi connectivity index (χ4v) is 1.04. The monoisotopic (exact) mass is 133 g/mol. The number of aliphatic hydroxyl groups is 3. The second kappa shape index (κ2) is 2.22. The topological polar surface area (TPSA) is 86.7 Å². The molecule has 1 aliphatic carbocycles. The summed E-state index contributed by atoms with van der Waals surface area (Å²) in [7, 11) is 0. The van der Waals surface area contributed by atoms with Crippen LogP contribution in [0.1, 0.15) is 6.42 Å². The minimum Gasteiger partial charge on any atom is -0.390 e. The molecule has 4 nitrogen and oxygen atoms in total. The Labute approximate surface area is 52.9 Å². The van der Waals surface area contributed by atoms with Crippen molar-refractivity contribution in [1.29, 1.82) is 0 Å². The lowest BCUT2D eigenvalue weighted by Gasteiger charge is -2.11. The molecule has 4 heteroatoms. The molecule has 54 valence electrons. The van der Waals surface area contributed by atoms with E-state index in [0.29, 0.717) is 0 Å². The van der Waals surface area contributed by atoms with Crippen molar-refractivity contribution in [2.75, 3.05) is 0 Å². The highest BCUT2D eigenvalue weighted by Gasteiger charge is 2.38. The van der Waals surface area contributed by atoms with Crippen LogP contribution in [0.5, 0.6) is 0 Å². The van der Waals surface area contributed by atoms with Crippen LogP contribution in [-0.4, -0.2) is 39.7 Å². The van der Waals surface area contributed by atoms with Crippen molar-refractivity contribution in [1.82, 2.24) is 0 Å². The van der Waals surface area contributed by atoms with Crippen molar-refractivity contribution < 1.29 is 15.3 Å². The number of hydrogen-bond donors (Lipinski definition) is 4. The van der Waals surface area contributed by atoms with E-state index < -0.39 is 24.4 Å². The SMILES string of the molecule is N[C@@H]1C[C@H](O)[C@H](O)[C@@H]1O. The maximum Gasteiger partial charge on any atom is 0.107 e. The van der Waals surface area contributed by atoms with E-state index >= 15 is 0 Å². The summed E-state index contributed by atoms with van der Waals surface area (Å²) in [5.41, 5.74) is 5.29. The van der Waals surface area contributed by atoms with Crippen LogP contribution < -0.4 is 5.73 Å². The lowest BCUT2D eigenvalue weighted by Crippen LogP contribution is -2.36. The lowest BCUT2D eigenvalue weighted by atomic mass is 10.2. The average molecular weight is 133 g/mol. The van der Waals surface area contributed by atoms with E-state index in [4.69, 9.17) is 21.1 Å². The maximum absolute atomic E-state index is 8.90. The second-order valence-corrected chi connectivity index (χ2v) is 2.45. The molecule has 0 aromatic heterocycles. The van der Waals surface area contributed by atoms with Gasteiger partial charge < -0.3 is 21.1 Å². The largest absolute Gasteiger partial charge is 0.390 e. The molecule has 1 fully saturated rings. The third kappa shape index (κ3) is 1.07. The Bertz CT molecular complexity index is 96.4. The van der Waals surface area contributed by atoms with Gasteiger partial charge in [0.15, 0.2) is 0 Å². The van der Waals surface area contributed by atoms with Gasteiger partial charge in [-0.05, 0) is 6.42 Å². The van der Waals surface area contributed by atoms with E-state index in [9.17, 15) is 0 Å². The predicted octanol–water partition coefficient (Wildman–Crippen LogP) is -2.20. The summed E-state index contributed by atoms with van der Waals surface area (Å²) in [5, 5.41) is 26.6. The van der Waals surface area contributed by atoms with Crippen molar-refractivity contribution in [2.24, 2.45) is 5.73 Å². The average Bonchev–Trinajstić information content (AvgIpc) is 1.98. The molecule has 0 amide bonds. The summed E-state index contributed by atoms with van der Waals surface area (Å²) in [6, 6.07) is -0.477. The Morgan fingerprint density at radius 1 is 1.11 bits per heavy atom. The molecule has 0 aromatic carbocycles. The Kier molecular flexibility index (Phi) is 1.72. The molecular weight excluding hydrogens is 122 g/mol. The summed E-state index contributed by atoms with van der Waals surface area (Å²) in [5.74, 6) is 0.